The monoisotopic (exact) mass is 253 g/mol. The molecule has 0 amide bonds. The first kappa shape index (κ1) is 11.9. The van der Waals surface area contributed by atoms with Crippen molar-refractivity contribution in [2.45, 2.75) is 20.0 Å². The van der Waals surface area contributed by atoms with Crippen LogP contribution in [0.4, 0.5) is 10.1 Å². The molecule has 0 atom stereocenters. The predicted octanol–water partition coefficient (Wildman–Crippen LogP) is 3.31. The third kappa shape index (κ3) is 2.58. The maximum Gasteiger partial charge on any atom is 0.164 e. The van der Waals surface area contributed by atoms with E-state index in [2.05, 4.69) is 10.3 Å². The molecule has 0 aliphatic rings. The number of hydrogen-bond acceptors (Lipinski definition) is 2. The van der Waals surface area contributed by atoms with Crippen LogP contribution in [0, 0.1) is 5.82 Å². The molecular formula is C12H13ClFN3. The highest BCUT2D eigenvalue weighted by Gasteiger charge is 2.06. The number of imidazole rings is 1. The second-order valence-electron chi connectivity index (χ2n) is 3.63. The summed E-state index contributed by atoms with van der Waals surface area (Å²) in [4.78, 5) is 4.05. The van der Waals surface area contributed by atoms with Crippen LogP contribution in [0.5, 0.6) is 0 Å². The smallest absolute Gasteiger partial charge is 0.164 e. The zero-order chi connectivity index (χ0) is 12.3. The summed E-state index contributed by atoms with van der Waals surface area (Å²) in [6.07, 6.45) is 3.52. The van der Waals surface area contributed by atoms with Crippen LogP contribution < -0.4 is 5.32 Å². The lowest BCUT2D eigenvalue weighted by molar-refractivity contribution is 0.629. The van der Waals surface area contributed by atoms with Gasteiger partial charge in [0, 0.05) is 12.7 Å². The Kier molecular flexibility index (Phi) is 3.64. The maximum absolute atomic E-state index is 13.6. The first-order chi connectivity index (χ1) is 8.22. The molecule has 1 aromatic carbocycles. The number of anilines is 1. The van der Waals surface area contributed by atoms with Crippen molar-refractivity contribution in [3.05, 3.63) is 47.3 Å². The lowest BCUT2D eigenvalue weighted by atomic mass is 10.3. The van der Waals surface area contributed by atoms with Gasteiger partial charge in [0.25, 0.3) is 0 Å². The first-order valence-electron chi connectivity index (χ1n) is 5.39. The van der Waals surface area contributed by atoms with Crippen molar-refractivity contribution in [3.8, 4) is 0 Å². The molecule has 0 aliphatic carbocycles. The molecule has 2 rings (SSSR count). The summed E-state index contributed by atoms with van der Waals surface area (Å²) in [6.45, 7) is 3.39. The van der Waals surface area contributed by atoms with Crippen molar-refractivity contribution in [2.75, 3.05) is 5.32 Å². The van der Waals surface area contributed by atoms with Crippen molar-refractivity contribution in [1.82, 2.24) is 9.55 Å². The number of aromatic nitrogens is 2. The average molecular weight is 254 g/mol. The van der Waals surface area contributed by atoms with Gasteiger partial charge in [-0.05, 0) is 19.1 Å². The topological polar surface area (TPSA) is 29.9 Å². The molecule has 0 radical (unpaired) electrons. The van der Waals surface area contributed by atoms with Gasteiger partial charge in [-0.2, -0.15) is 0 Å². The molecule has 0 bridgehead atoms. The van der Waals surface area contributed by atoms with Gasteiger partial charge < -0.3 is 9.88 Å². The van der Waals surface area contributed by atoms with Crippen molar-refractivity contribution in [2.24, 2.45) is 0 Å². The van der Waals surface area contributed by atoms with Crippen LogP contribution in [-0.2, 0) is 13.1 Å². The van der Waals surface area contributed by atoms with Crippen LogP contribution in [0.25, 0.3) is 0 Å². The van der Waals surface area contributed by atoms with Crippen LogP contribution in [0.3, 0.4) is 0 Å². The van der Waals surface area contributed by atoms with Crippen molar-refractivity contribution in [1.29, 1.82) is 0 Å². The Morgan fingerprint density at radius 2 is 2.29 bits per heavy atom. The molecule has 0 unspecified atom stereocenters. The van der Waals surface area contributed by atoms with Gasteiger partial charge in [-0.15, -0.1) is 0 Å². The number of benzene rings is 1. The molecule has 1 aromatic heterocycles. The first-order valence-corrected chi connectivity index (χ1v) is 5.77. The number of rotatable bonds is 4. The Labute approximate surface area is 104 Å². The number of nitrogens with zero attached hydrogens (tertiary/aromatic N) is 2. The second kappa shape index (κ2) is 5.19. The lowest BCUT2D eigenvalue weighted by Gasteiger charge is -2.09. The van der Waals surface area contributed by atoms with Gasteiger partial charge in [-0.25, -0.2) is 9.37 Å². The summed E-state index contributed by atoms with van der Waals surface area (Å²) in [5, 5.41) is 3.13. The van der Waals surface area contributed by atoms with Gasteiger partial charge >= 0.3 is 0 Å². The molecule has 90 valence electrons. The molecule has 1 N–H and O–H groups in total. The Morgan fingerprint density at radius 3 is 3.06 bits per heavy atom. The molecule has 0 saturated heterocycles. The van der Waals surface area contributed by atoms with Crippen LogP contribution in [0.15, 0.2) is 30.7 Å². The van der Waals surface area contributed by atoms with Gasteiger partial charge in [0.1, 0.15) is 0 Å². The number of aryl methyl sites for hydroxylation is 1. The predicted molar refractivity (Wildman–Crippen MR) is 66.6 cm³/mol. The zero-order valence-corrected chi connectivity index (χ0v) is 10.2. The summed E-state index contributed by atoms with van der Waals surface area (Å²) in [5.41, 5.74) is 1.41. The Hall–Kier alpha value is -1.55. The summed E-state index contributed by atoms with van der Waals surface area (Å²) in [6, 6.07) is 4.90. The van der Waals surface area contributed by atoms with E-state index in [0.717, 1.165) is 12.2 Å². The van der Waals surface area contributed by atoms with Crippen molar-refractivity contribution >= 4 is 17.3 Å². The maximum atomic E-state index is 13.6. The van der Waals surface area contributed by atoms with E-state index in [1.165, 1.54) is 6.07 Å². The van der Waals surface area contributed by atoms with Crippen LogP contribution >= 0.6 is 11.6 Å². The highest BCUT2D eigenvalue weighted by Crippen LogP contribution is 2.22. The number of hydrogen-bond donors (Lipinski definition) is 1. The van der Waals surface area contributed by atoms with Crippen LogP contribution in [-0.4, -0.2) is 9.55 Å². The fourth-order valence-corrected chi connectivity index (χ4v) is 1.78. The zero-order valence-electron chi connectivity index (χ0n) is 9.45. The van der Waals surface area contributed by atoms with Crippen LogP contribution in [0.1, 0.15) is 12.6 Å². The van der Waals surface area contributed by atoms with Gasteiger partial charge in [0.15, 0.2) is 5.82 Å². The minimum Gasteiger partial charge on any atom is -0.377 e. The van der Waals surface area contributed by atoms with Gasteiger partial charge in [0.2, 0.25) is 0 Å². The van der Waals surface area contributed by atoms with E-state index in [-0.39, 0.29) is 5.02 Å². The van der Waals surface area contributed by atoms with Gasteiger partial charge in [-0.1, -0.05) is 17.7 Å². The second-order valence-corrected chi connectivity index (χ2v) is 4.03. The molecule has 0 aliphatic heterocycles. The van der Waals surface area contributed by atoms with Crippen molar-refractivity contribution in [3.63, 3.8) is 0 Å². The van der Waals surface area contributed by atoms with E-state index in [4.69, 9.17) is 11.6 Å². The van der Waals surface area contributed by atoms with Gasteiger partial charge in [-0.3, -0.25) is 0 Å². The molecule has 0 saturated carbocycles. The summed E-state index contributed by atoms with van der Waals surface area (Å²) in [5.74, 6) is -0.420. The molecule has 1 heterocycles. The molecule has 0 fully saturated rings. The van der Waals surface area contributed by atoms with Gasteiger partial charge in [0.05, 0.1) is 29.3 Å². The molecule has 17 heavy (non-hydrogen) atoms. The minimum atomic E-state index is -0.420. The fraction of sp³-hybridized carbons (Fsp3) is 0.250. The molecule has 3 nitrogen and oxygen atoms in total. The standard InChI is InChI=1S/C12H13ClFN3/c1-2-17-8-15-6-9(17)7-16-11-5-3-4-10(13)12(11)14/h3-6,8,16H,2,7H2,1H3. The van der Waals surface area contributed by atoms with E-state index < -0.39 is 5.82 Å². The summed E-state index contributed by atoms with van der Waals surface area (Å²) >= 11 is 5.70. The summed E-state index contributed by atoms with van der Waals surface area (Å²) in [7, 11) is 0. The Morgan fingerprint density at radius 1 is 1.47 bits per heavy atom. The highest BCUT2D eigenvalue weighted by molar-refractivity contribution is 6.31. The lowest BCUT2D eigenvalue weighted by Crippen LogP contribution is -2.07. The quantitative estimate of drug-likeness (QED) is 0.906. The summed E-state index contributed by atoms with van der Waals surface area (Å²) < 4.78 is 15.6. The molecule has 5 heteroatoms. The van der Waals surface area contributed by atoms with E-state index in [1.807, 2.05) is 11.5 Å². The largest absolute Gasteiger partial charge is 0.377 e. The molecule has 0 spiro atoms. The Bertz CT molecular complexity index is 510. The van der Waals surface area contributed by atoms with E-state index in [9.17, 15) is 4.39 Å². The molecular weight excluding hydrogens is 241 g/mol. The van der Waals surface area contributed by atoms with Crippen LogP contribution in [0.2, 0.25) is 5.02 Å². The normalized spacial score (nSPS) is 10.5. The minimum absolute atomic E-state index is 0.124. The highest BCUT2D eigenvalue weighted by atomic mass is 35.5. The third-order valence-electron chi connectivity index (χ3n) is 2.55. The van der Waals surface area contributed by atoms with Crippen molar-refractivity contribution < 1.29 is 4.39 Å². The van der Waals surface area contributed by atoms with E-state index in [1.54, 1.807) is 24.7 Å². The third-order valence-corrected chi connectivity index (χ3v) is 2.84. The Balaban J connectivity index is 2.10. The molecule has 2 aromatic rings. The van der Waals surface area contributed by atoms with E-state index >= 15 is 0 Å². The number of nitrogens with one attached hydrogen (secondary N) is 1. The SMILES string of the molecule is CCn1cncc1CNc1cccc(Cl)c1F. The number of halogens is 2. The fourth-order valence-electron chi connectivity index (χ4n) is 1.61. The average Bonchev–Trinajstić information content (AvgIpc) is 2.78. The van der Waals surface area contributed by atoms with E-state index in [0.29, 0.717) is 12.2 Å².